The number of esters is 1. The van der Waals surface area contributed by atoms with E-state index < -0.39 is 5.97 Å². The zero-order valence-electron chi connectivity index (χ0n) is 15.5. The lowest BCUT2D eigenvalue weighted by atomic mass is 10.2. The molecule has 152 valence electrons. The lowest BCUT2D eigenvalue weighted by Gasteiger charge is -2.02. The van der Waals surface area contributed by atoms with E-state index in [0.29, 0.717) is 27.2 Å². The normalized spacial score (nSPS) is 12.7. The zero-order chi connectivity index (χ0) is 20.9. The van der Waals surface area contributed by atoms with Gasteiger partial charge in [0.05, 0.1) is 16.9 Å². The molecule has 1 aliphatic rings. The van der Waals surface area contributed by atoms with Gasteiger partial charge in [-0.05, 0) is 35.9 Å². The van der Waals surface area contributed by atoms with Gasteiger partial charge in [0.1, 0.15) is 12.3 Å². The van der Waals surface area contributed by atoms with Gasteiger partial charge in [0.15, 0.2) is 11.5 Å². The summed E-state index contributed by atoms with van der Waals surface area (Å²) in [5, 5.41) is 8.93. The Kier molecular flexibility index (Phi) is 6.02. The summed E-state index contributed by atoms with van der Waals surface area (Å²) in [5.74, 6) is 0.930. The summed E-state index contributed by atoms with van der Waals surface area (Å²) in [6.07, 6.45) is 8.12. The number of hydrogen-bond acceptors (Lipinski definition) is 6. The van der Waals surface area contributed by atoms with E-state index in [-0.39, 0.29) is 13.4 Å². The number of aromatic nitrogens is 3. The fourth-order valence-corrected chi connectivity index (χ4v) is 3.16. The summed E-state index contributed by atoms with van der Waals surface area (Å²) in [6, 6.07) is 10.6. The Morgan fingerprint density at radius 3 is 2.87 bits per heavy atom. The first kappa shape index (κ1) is 20.0. The number of ether oxygens (including phenoxy) is 3. The van der Waals surface area contributed by atoms with E-state index in [1.54, 1.807) is 36.5 Å². The van der Waals surface area contributed by atoms with Gasteiger partial charge >= 0.3 is 5.97 Å². The molecule has 0 N–H and O–H groups in total. The Morgan fingerprint density at radius 1 is 1.13 bits per heavy atom. The molecule has 0 bridgehead atoms. The van der Waals surface area contributed by atoms with Crippen molar-refractivity contribution in [2.24, 2.45) is 0 Å². The summed E-state index contributed by atoms with van der Waals surface area (Å²) in [7, 11) is 0. The maximum Gasteiger partial charge on any atom is 0.331 e. The Labute approximate surface area is 182 Å². The lowest BCUT2D eigenvalue weighted by molar-refractivity contribution is -0.139. The topological polar surface area (TPSA) is 75.5 Å². The van der Waals surface area contributed by atoms with Crippen LogP contribution in [0.1, 0.15) is 11.3 Å². The number of fused-ring (bicyclic) bond motifs is 1. The van der Waals surface area contributed by atoms with Crippen molar-refractivity contribution in [3.8, 4) is 17.2 Å². The van der Waals surface area contributed by atoms with E-state index in [0.717, 1.165) is 11.3 Å². The van der Waals surface area contributed by atoms with Gasteiger partial charge in [0.25, 0.3) is 0 Å². The molecular formula is C21H15Cl2N3O4. The molecule has 30 heavy (non-hydrogen) atoms. The SMILES string of the molecule is O=C(/C=C/C=C/c1ccc2c(c1)OCO2)OCc1cn(-c2ccc(Cl)cc2Cl)nn1. The largest absolute Gasteiger partial charge is 0.456 e. The van der Waals surface area contributed by atoms with Crippen molar-refractivity contribution in [2.45, 2.75) is 6.61 Å². The van der Waals surface area contributed by atoms with Crippen LogP contribution in [0.3, 0.4) is 0 Å². The van der Waals surface area contributed by atoms with Crippen LogP contribution in [0, 0.1) is 0 Å². The van der Waals surface area contributed by atoms with Crippen LogP contribution in [0.15, 0.2) is 60.8 Å². The molecule has 2 aromatic carbocycles. The number of allylic oxidation sites excluding steroid dienone is 2. The number of benzene rings is 2. The van der Waals surface area contributed by atoms with Crippen molar-refractivity contribution in [2.75, 3.05) is 6.79 Å². The summed E-state index contributed by atoms with van der Waals surface area (Å²) >= 11 is 12.1. The molecular weight excluding hydrogens is 429 g/mol. The summed E-state index contributed by atoms with van der Waals surface area (Å²) in [4.78, 5) is 11.9. The minimum atomic E-state index is -0.496. The van der Waals surface area contributed by atoms with E-state index in [9.17, 15) is 4.79 Å². The number of rotatable bonds is 6. The highest BCUT2D eigenvalue weighted by atomic mass is 35.5. The van der Waals surface area contributed by atoms with E-state index in [1.807, 2.05) is 24.3 Å². The molecule has 3 aromatic rings. The average Bonchev–Trinajstić information content (AvgIpc) is 3.38. The predicted octanol–water partition coefficient (Wildman–Crippen LogP) is 4.62. The highest BCUT2D eigenvalue weighted by Crippen LogP contribution is 2.32. The maximum absolute atomic E-state index is 11.9. The lowest BCUT2D eigenvalue weighted by Crippen LogP contribution is -2.00. The summed E-state index contributed by atoms with van der Waals surface area (Å²) < 4.78 is 17.3. The van der Waals surface area contributed by atoms with Crippen molar-refractivity contribution >= 4 is 35.2 Å². The molecule has 0 radical (unpaired) electrons. The first-order chi connectivity index (χ1) is 14.6. The minimum absolute atomic E-state index is 0.0136. The van der Waals surface area contributed by atoms with E-state index >= 15 is 0 Å². The number of carbonyl (C=O) groups is 1. The predicted molar refractivity (Wildman–Crippen MR) is 112 cm³/mol. The molecule has 0 amide bonds. The molecule has 0 saturated heterocycles. The third kappa shape index (κ3) is 4.82. The van der Waals surface area contributed by atoms with Crippen LogP contribution in [-0.2, 0) is 16.1 Å². The maximum atomic E-state index is 11.9. The van der Waals surface area contributed by atoms with Gasteiger partial charge in [-0.15, -0.1) is 5.10 Å². The number of nitrogens with zero attached hydrogens (tertiary/aromatic N) is 3. The van der Waals surface area contributed by atoms with Crippen LogP contribution in [0.2, 0.25) is 10.0 Å². The molecule has 7 nitrogen and oxygen atoms in total. The van der Waals surface area contributed by atoms with Crippen molar-refractivity contribution in [3.63, 3.8) is 0 Å². The van der Waals surface area contributed by atoms with Crippen LogP contribution < -0.4 is 9.47 Å². The van der Waals surface area contributed by atoms with Gasteiger partial charge in [-0.3, -0.25) is 0 Å². The first-order valence-electron chi connectivity index (χ1n) is 8.86. The van der Waals surface area contributed by atoms with Gasteiger partial charge in [-0.2, -0.15) is 0 Å². The van der Waals surface area contributed by atoms with Crippen LogP contribution in [0.25, 0.3) is 11.8 Å². The van der Waals surface area contributed by atoms with Gasteiger partial charge in [0.2, 0.25) is 6.79 Å². The average molecular weight is 444 g/mol. The fraction of sp³-hybridized carbons (Fsp3) is 0.0952. The van der Waals surface area contributed by atoms with Crippen LogP contribution >= 0.6 is 23.2 Å². The Morgan fingerprint density at radius 2 is 2.00 bits per heavy atom. The molecule has 0 atom stereocenters. The van der Waals surface area contributed by atoms with E-state index in [1.165, 1.54) is 10.8 Å². The van der Waals surface area contributed by atoms with Crippen LogP contribution in [0.4, 0.5) is 0 Å². The molecule has 0 fully saturated rings. The third-order valence-corrected chi connectivity index (χ3v) is 4.63. The molecule has 9 heteroatoms. The van der Waals surface area contributed by atoms with Crippen molar-refractivity contribution in [3.05, 3.63) is 82.1 Å². The molecule has 0 unspecified atom stereocenters. The zero-order valence-corrected chi connectivity index (χ0v) is 17.0. The Balaban J connectivity index is 1.29. The van der Waals surface area contributed by atoms with Crippen molar-refractivity contribution in [1.29, 1.82) is 0 Å². The molecule has 0 aliphatic carbocycles. The van der Waals surface area contributed by atoms with E-state index in [2.05, 4.69) is 10.3 Å². The van der Waals surface area contributed by atoms with Crippen molar-refractivity contribution < 1.29 is 19.0 Å². The second kappa shape index (κ2) is 9.02. The van der Waals surface area contributed by atoms with Crippen LogP contribution in [-0.4, -0.2) is 27.8 Å². The second-order valence-corrected chi connectivity index (χ2v) is 7.03. The molecule has 1 aromatic heterocycles. The van der Waals surface area contributed by atoms with Crippen molar-refractivity contribution in [1.82, 2.24) is 15.0 Å². The summed E-state index contributed by atoms with van der Waals surface area (Å²) in [6.45, 7) is 0.217. The standard InChI is InChI=1S/C21H15Cl2N3O4/c22-15-6-7-18(17(23)10-15)26-11-16(24-25-26)12-28-21(27)4-2-1-3-14-5-8-19-20(9-14)30-13-29-19/h1-11H,12-13H2/b3-1+,4-2+. The monoisotopic (exact) mass is 443 g/mol. The summed E-state index contributed by atoms with van der Waals surface area (Å²) in [5.41, 5.74) is 2.04. The van der Waals surface area contributed by atoms with Gasteiger partial charge < -0.3 is 14.2 Å². The molecule has 0 spiro atoms. The number of halogens is 2. The minimum Gasteiger partial charge on any atom is -0.456 e. The molecule has 0 saturated carbocycles. The third-order valence-electron chi connectivity index (χ3n) is 4.09. The Bertz CT molecular complexity index is 1140. The van der Waals surface area contributed by atoms with Gasteiger partial charge in [0, 0.05) is 11.1 Å². The van der Waals surface area contributed by atoms with E-state index in [4.69, 9.17) is 37.4 Å². The quantitative estimate of drug-likeness (QED) is 0.314. The van der Waals surface area contributed by atoms with Crippen LogP contribution in [0.5, 0.6) is 11.5 Å². The Hall–Kier alpha value is -3.29. The first-order valence-corrected chi connectivity index (χ1v) is 9.62. The number of carbonyl (C=O) groups excluding carboxylic acids is 1. The molecule has 1 aliphatic heterocycles. The number of hydrogen-bond donors (Lipinski definition) is 0. The molecule has 2 heterocycles. The molecule has 4 rings (SSSR count). The smallest absolute Gasteiger partial charge is 0.331 e. The van der Waals surface area contributed by atoms with Gasteiger partial charge in [-0.25, -0.2) is 9.48 Å². The second-order valence-electron chi connectivity index (χ2n) is 6.19. The fourth-order valence-electron chi connectivity index (χ4n) is 2.66. The highest BCUT2D eigenvalue weighted by molar-refractivity contribution is 6.35. The highest BCUT2D eigenvalue weighted by Gasteiger charge is 2.12. The van der Waals surface area contributed by atoms with Gasteiger partial charge in [-0.1, -0.05) is 52.7 Å².